The first kappa shape index (κ1) is 15.7. The van der Waals surface area contributed by atoms with Crippen molar-refractivity contribution in [1.82, 2.24) is 9.88 Å². The summed E-state index contributed by atoms with van der Waals surface area (Å²) in [4.78, 5) is 18.0. The van der Waals surface area contributed by atoms with Crippen LogP contribution in [0.1, 0.15) is 19.4 Å². The number of rotatable bonds is 6. The van der Waals surface area contributed by atoms with Crippen molar-refractivity contribution in [2.24, 2.45) is 0 Å². The van der Waals surface area contributed by atoms with Crippen molar-refractivity contribution in [3.8, 4) is 0 Å². The van der Waals surface area contributed by atoms with Crippen LogP contribution in [0.25, 0.3) is 10.9 Å². The molecule has 0 atom stereocenters. The number of carbonyl (C=O) groups is 1. The number of hydrogen-bond acceptors (Lipinski definition) is 4. The monoisotopic (exact) mass is 306 g/mol. The van der Waals surface area contributed by atoms with E-state index in [1.165, 1.54) is 0 Å². The molecule has 0 saturated heterocycles. The standard InChI is InChI=1S/C16H19ClN2O2/c1-3-19(11-15(20)21-4-2)10-13-9-12-7-5-6-8-14(12)18-16(13)17/h5-9H,3-4,10-11H2,1-2H3. The molecule has 112 valence electrons. The van der Waals surface area contributed by atoms with Crippen LogP contribution in [0, 0.1) is 0 Å². The fourth-order valence-corrected chi connectivity index (χ4v) is 2.36. The number of pyridine rings is 1. The molecule has 5 heteroatoms. The highest BCUT2D eigenvalue weighted by Gasteiger charge is 2.13. The van der Waals surface area contributed by atoms with Gasteiger partial charge in [-0.1, -0.05) is 36.7 Å². The van der Waals surface area contributed by atoms with Crippen LogP contribution < -0.4 is 0 Å². The molecule has 0 amide bonds. The SMILES string of the molecule is CCOC(=O)CN(CC)Cc1cc2ccccc2nc1Cl. The zero-order valence-corrected chi connectivity index (χ0v) is 13.1. The van der Waals surface area contributed by atoms with Crippen molar-refractivity contribution in [3.05, 3.63) is 41.0 Å². The third-order valence-corrected chi connectivity index (χ3v) is 3.58. The van der Waals surface area contributed by atoms with Gasteiger partial charge in [0.05, 0.1) is 18.7 Å². The third-order valence-electron chi connectivity index (χ3n) is 3.25. The number of nitrogens with zero attached hydrogens (tertiary/aromatic N) is 2. The number of hydrogen-bond donors (Lipinski definition) is 0. The number of benzene rings is 1. The third kappa shape index (κ3) is 4.16. The van der Waals surface area contributed by atoms with Gasteiger partial charge in [-0.15, -0.1) is 0 Å². The molecule has 0 unspecified atom stereocenters. The molecule has 0 radical (unpaired) electrons. The van der Waals surface area contributed by atoms with Crippen LogP contribution in [-0.4, -0.2) is 35.5 Å². The molecule has 21 heavy (non-hydrogen) atoms. The van der Waals surface area contributed by atoms with Gasteiger partial charge in [-0.2, -0.15) is 0 Å². The molecule has 1 aromatic carbocycles. The van der Waals surface area contributed by atoms with Crippen molar-refractivity contribution in [2.75, 3.05) is 19.7 Å². The maximum absolute atomic E-state index is 11.6. The number of carbonyl (C=O) groups excluding carboxylic acids is 1. The van der Waals surface area contributed by atoms with Crippen LogP contribution in [0.5, 0.6) is 0 Å². The summed E-state index contributed by atoms with van der Waals surface area (Å²) in [5, 5.41) is 1.53. The lowest BCUT2D eigenvalue weighted by molar-refractivity contribution is -0.144. The molecule has 2 aromatic rings. The quantitative estimate of drug-likeness (QED) is 0.607. The van der Waals surface area contributed by atoms with Crippen molar-refractivity contribution in [3.63, 3.8) is 0 Å². The highest BCUT2D eigenvalue weighted by Crippen LogP contribution is 2.21. The van der Waals surface area contributed by atoms with E-state index in [0.717, 1.165) is 23.0 Å². The zero-order valence-electron chi connectivity index (χ0n) is 12.3. The number of esters is 1. The molecule has 0 spiro atoms. The molecular formula is C16H19ClN2O2. The van der Waals surface area contributed by atoms with Gasteiger partial charge in [-0.25, -0.2) is 4.98 Å². The Morgan fingerprint density at radius 3 is 2.81 bits per heavy atom. The van der Waals surface area contributed by atoms with Crippen LogP contribution in [0.2, 0.25) is 5.15 Å². The molecule has 0 bridgehead atoms. The van der Waals surface area contributed by atoms with E-state index in [-0.39, 0.29) is 12.5 Å². The normalized spacial score (nSPS) is 11.0. The van der Waals surface area contributed by atoms with Crippen molar-refractivity contribution in [1.29, 1.82) is 0 Å². The molecule has 0 fully saturated rings. The second-order valence-corrected chi connectivity index (χ2v) is 5.10. The van der Waals surface area contributed by atoms with E-state index < -0.39 is 0 Å². The predicted octanol–water partition coefficient (Wildman–Crippen LogP) is 3.27. The van der Waals surface area contributed by atoms with Gasteiger partial charge in [0.15, 0.2) is 0 Å². The zero-order chi connectivity index (χ0) is 15.2. The van der Waals surface area contributed by atoms with Gasteiger partial charge in [0, 0.05) is 17.5 Å². The van der Waals surface area contributed by atoms with Crippen LogP contribution in [0.4, 0.5) is 0 Å². The minimum atomic E-state index is -0.218. The van der Waals surface area contributed by atoms with E-state index in [9.17, 15) is 4.79 Å². The molecule has 1 heterocycles. The Bertz CT molecular complexity index is 631. The van der Waals surface area contributed by atoms with Gasteiger partial charge in [0.2, 0.25) is 0 Å². The second-order valence-electron chi connectivity index (χ2n) is 4.74. The molecule has 0 aliphatic heterocycles. The van der Waals surface area contributed by atoms with E-state index in [4.69, 9.17) is 16.3 Å². The molecule has 0 saturated carbocycles. The summed E-state index contributed by atoms with van der Waals surface area (Å²) in [7, 11) is 0. The van der Waals surface area contributed by atoms with Crippen molar-refractivity contribution < 1.29 is 9.53 Å². The van der Waals surface area contributed by atoms with Crippen LogP contribution in [-0.2, 0) is 16.1 Å². The Morgan fingerprint density at radius 2 is 2.10 bits per heavy atom. The highest BCUT2D eigenvalue weighted by molar-refractivity contribution is 6.30. The number of likely N-dealkylation sites (N-methyl/N-ethyl adjacent to an activating group) is 1. The van der Waals surface area contributed by atoms with Crippen LogP contribution in [0.15, 0.2) is 30.3 Å². The van der Waals surface area contributed by atoms with E-state index in [2.05, 4.69) is 4.98 Å². The Morgan fingerprint density at radius 1 is 1.33 bits per heavy atom. The van der Waals surface area contributed by atoms with Crippen molar-refractivity contribution >= 4 is 28.5 Å². The van der Waals surface area contributed by atoms with Crippen molar-refractivity contribution in [2.45, 2.75) is 20.4 Å². The first-order chi connectivity index (χ1) is 10.1. The second kappa shape index (κ2) is 7.38. The van der Waals surface area contributed by atoms with E-state index in [0.29, 0.717) is 18.3 Å². The fourth-order valence-electron chi connectivity index (χ4n) is 2.16. The lowest BCUT2D eigenvalue weighted by Crippen LogP contribution is -2.30. The summed E-state index contributed by atoms with van der Waals surface area (Å²) >= 11 is 6.25. The lowest BCUT2D eigenvalue weighted by Gasteiger charge is -2.20. The molecule has 0 N–H and O–H groups in total. The van der Waals surface area contributed by atoms with Gasteiger partial charge in [-0.3, -0.25) is 9.69 Å². The largest absolute Gasteiger partial charge is 0.465 e. The molecule has 4 nitrogen and oxygen atoms in total. The Labute approximate surface area is 129 Å². The number of ether oxygens (including phenoxy) is 1. The predicted molar refractivity (Wildman–Crippen MR) is 84.3 cm³/mol. The van der Waals surface area contributed by atoms with E-state index in [1.54, 1.807) is 6.92 Å². The number of aromatic nitrogens is 1. The number of halogens is 1. The Kier molecular flexibility index (Phi) is 5.53. The fraction of sp³-hybridized carbons (Fsp3) is 0.375. The summed E-state index contributed by atoms with van der Waals surface area (Å²) in [5.74, 6) is -0.218. The van der Waals surface area contributed by atoms with Gasteiger partial charge >= 0.3 is 5.97 Å². The minimum absolute atomic E-state index is 0.218. The van der Waals surface area contributed by atoms with Crippen LogP contribution in [0.3, 0.4) is 0 Å². The lowest BCUT2D eigenvalue weighted by atomic mass is 10.1. The molecule has 1 aromatic heterocycles. The molecule has 0 aliphatic rings. The maximum atomic E-state index is 11.6. The number of fused-ring (bicyclic) bond motifs is 1. The van der Waals surface area contributed by atoms with Gasteiger partial charge in [-0.05, 0) is 25.6 Å². The maximum Gasteiger partial charge on any atom is 0.320 e. The van der Waals surface area contributed by atoms with Gasteiger partial charge in [0.25, 0.3) is 0 Å². The highest BCUT2D eigenvalue weighted by atomic mass is 35.5. The summed E-state index contributed by atoms with van der Waals surface area (Å²) in [6.45, 7) is 5.77. The Hall–Kier alpha value is -1.65. The Balaban J connectivity index is 2.17. The van der Waals surface area contributed by atoms with E-state index in [1.807, 2.05) is 42.2 Å². The van der Waals surface area contributed by atoms with Gasteiger partial charge in [0.1, 0.15) is 5.15 Å². The summed E-state index contributed by atoms with van der Waals surface area (Å²) in [5.41, 5.74) is 1.79. The minimum Gasteiger partial charge on any atom is -0.465 e. The molecule has 0 aliphatic carbocycles. The first-order valence-corrected chi connectivity index (χ1v) is 7.44. The molecular weight excluding hydrogens is 288 g/mol. The summed E-state index contributed by atoms with van der Waals surface area (Å²) < 4.78 is 4.98. The van der Waals surface area contributed by atoms with E-state index >= 15 is 0 Å². The summed E-state index contributed by atoms with van der Waals surface area (Å²) in [6, 6.07) is 9.87. The molecule has 2 rings (SSSR count). The van der Waals surface area contributed by atoms with Crippen LogP contribution >= 0.6 is 11.6 Å². The first-order valence-electron chi connectivity index (χ1n) is 7.06. The smallest absolute Gasteiger partial charge is 0.320 e. The number of para-hydroxylation sites is 1. The topological polar surface area (TPSA) is 42.4 Å². The van der Waals surface area contributed by atoms with Gasteiger partial charge < -0.3 is 4.74 Å². The average Bonchev–Trinajstić information content (AvgIpc) is 2.47. The summed E-state index contributed by atoms with van der Waals surface area (Å²) in [6.07, 6.45) is 0. The average molecular weight is 307 g/mol.